The molecule has 2 heterocycles. The molecule has 7 aliphatic rings. The van der Waals surface area contributed by atoms with Crippen LogP contribution in [0.2, 0.25) is 0 Å². The van der Waals surface area contributed by atoms with Crippen molar-refractivity contribution in [2.24, 2.45) is 17.3 Å². The third-order valence-corrected chi connectivity index (χ3v) is 9.43. The Hall–Kier alpha value is -2.44. The van der Waals surface area contributed by atoms with Gasteiger partial charge in [-0.1, -0.05) is 18.2 Å². The molecule has 0 aromatic heterocycles. The highest BCUT2D eigenvalue weighted by Crippen LogP contribution is 2.76. The first-order chi connectivity index (χ1) is 15.0. The fourth-order valence-corrected chi connectivity index (χ4v) is 8.45. The van der Waals surface area contributed by atoms with Gasteiger partial charge in [0.1, 0.15) is 11.7 Å². The minimum atomic E-state index is -0.983. The summed E-state index contributed by atoms with van der Waals surface area (Å²) in [5, 5.41) is 0. The molecule has 0 N–H and O–H groups in total. The van der Waals surface area contributed by atoms with Gasteiger partial charge in [-0.3, -0.25) is 9.59 Å². The molecule has 6 nitrogen and oxygen atoms in total. The maximum absolute atomic E-state index is 13.6. The Bertz CT molecular complexity index is 1140. The first kappa shape index (κ1) is 18.2. The van der Waals surface area contributed by atoms with Crippen LogP contribution in [0.3, 0.4) is 0 Å². The standard InChI is InChI=1S/C25H25NO5/c1-26-11-10-24-18-13-4-7-16(29-2)21(18)31-22(24)25(30-3)9-8-23(24,17(26)12-13)19-14(27)5-6-15(28)20(19)25/h4-9,17,19-20,22H,10-12H2,1-3H3. The summed E-state index contributed by atoms with van der Waals surface area (Å²) < 4.78 is 18.7. The van der Waals surface area contributed by atoms with E-state index in [1.54, 1.807) is 14.2 Å². The van der Waals surface area contributed by atoms with Gasteiger partial charge in [0.05, 0.1) is 18.4 Å². The van der Waals surface area contributed by atoms with Gasteiger partial charge in [-0.25, -0.2) is 0 Å². The molecule has 8 rings (SSSR count). The van der Waals surface area contributed by atoms with Gasteiger partial charge in [0, 0.05) is 30.0 Å². The predicted octanol–water partition coefficient (Wildman–Crippen LogP) is 1.85. The summed E-state index contributed by atoms with van der Waals surface area (Å²) in [4.78, 5) is 29.3. The number of ketones is 2. The van der Waals surface area contributed by atoms with E-state index in [0.29, 0.717) is 5.75 Å². The maximum Gasteiger partial charge on any atom is 0.166 e. The number of rotatable bonds is 2. The number of methoxy groups -OCH3 is 2. The van der Waals surface area contributed by atoms with Crippen LogP contribution in [0.1, 0.15) is 17.5 Å². The second-order valence-corrected chi connectivity index (χ2v) is 9.97. The van der Waals surface area contributed by atoms with Crippen molar-refractivity contribution in [2.75, 3.05) is 27.8 Å². The van der Waals surface area contributed by atoms with Gasteiger partial charge >= 0.3 is 0 Å². The van der Waals surface area contributed by atoms with E-state index in [-0.39, 0.29) is 23.7 Å². The van der Waals surface area contributed by atoms with Crippen molar-refractivity contribution in [3.63, 3.8) is 0 Å². The third-order valence-electron chi connectivity index (χ3n) is 9.43. The lowest BCUT2D eigenvalue weighted by molar-refractivity contribution is -0.234. The van der Waals surface area contributed by atoms with E-state index >= 15 is 0 Å². The summed E-state index contributed by atoms with van der Waals surface area (Å²) in [6, 6.07) is 4.25. The first-order valence-electron chi connectivity index (χ1n) is 11.0. The Balaban J connectivity index is 1.64. The molecule has 5 aliphatic carbocycles. The molecule has 1 aromatic carbocycles. The Morgan fingerprint density at radius 3 is 2.61 bits per heavy atom. The zero-order valence-corrected chi connectivity index (χ0v) is 17.9. The fraction of sp³-hybridized carbons (Fsp3) is 0.520. The lowest BCUT2D eigenvalue weighted by Gasteiger charge is -2.73. The molecule has 1 saturated heterocycles. The number of carbonyl (C=O) groups excluding carboxylic acids is 2. The molecular formula is C25H25NO5. The van der Waals surface area contributed by atoms with E-state index < -0.39 is 28.3 Å². The van der Waals surface area contributed by atoms with E-state index in [1.807, 2.05) is 6.07 Å². The van der Waals surface area contributed by atoms with E-state index in [9.17, 15) is 9.59 Å². The zero-order chi connectivity index (χ0) is 21.3. The summed E-state index contributed by atoms with van der Waals surface area (Å²) in [6.45, 7) is 0.908. The monoisotopic (exact) mass is 419 g/mol. The van der Waals surface area contributed by atoms with Crippen LogP contribution in [-0.2, 0) is 26.2 Å². The van der Waals surface area contributed by atoms with Crippen LogP contribution in [-0.4, -0.2) is 62.0 Å². The summed E-state index contributed by atoms with van der Waals surface area (Å²) in [7, 11) is 5.45. The average Bonchev–Trinajstić information content (AvgIpc) is 3.15. The van der Waals surface area contributed by atoms with Crippen LogP contribution >= 0.6 is 0 Å². The van der Waals surface area contributed by atoms with E-state index in [0.717, 1.165) is 25.1 Å². The Morgan fingerprint density at radius 2 is 1.87 bits per heavy atom. The van der Waals surface area contributed by atoms with Crippen LogP contribution < -0.4 is 9.47 Å². The molecule has 31 heavy (non-hydrogen) atoms. The SMILES string of the molecule is COc1ccc2c3c1OC1C4(OC)C=CC5(C6C(=O)C=CC(=O)C64)C(C2)N(C)CCC315. The molecular weight excluding hydrogens is 394 g/mol. The second-order valence-electron chi connectivity index (χ2n) is 9.97. The van der Waals surface area contributed by atoms with Gasteiger partial charge < -0.3 is 19.1 Å². The molecule has 7 unspecified atom stereocenters. The quantitative estimate of drug-likeness (QED) is 0.682. The van der Waals surface area contributed by atoms with Crippen LogP contribution in [0.4, 0.5) is 0 Å². The number of hydrogen-bond acceptors (Lipinski definition) is 6. The Morgan fingerprint density at radius 1 is 1.10 bits per heavy atom. The molecule has 2 fully saturated rings. The third kappa shape index (κ3) is 1.59. The lowest BCUT2D eigenvalue weighted by Crippen LogP contribution is -2.83. The molecule has 2 aliphatic heterocycles. The summed E-state index contributed by atoms with van der Waals surface area (Å²) in [5.74, 6) is 0.451. The topological polar surface area (TPSA) is 65.1 Å². The number of nitrogens with zero attached hydrogens (tertiary/aromatic N) is 1. The van der Waals surface area contributed by atoms with Crippen molar-refractivity contribution in [1.82, 2.24) is 4.90 Å². The molecule has 1 saturated carbocycles. The molecule has 2 spiro atoms. The highest BCUT2D eigenvalue weighted by atomic mass is 16.6. The van der Waals surface area contributed by atoms with Crippen molar-refractivity contribution >= 4 is 11.6 Å². The number of allylic oxidation sites excluding steroid dienone is 2. The van der Waals surface area contributed by atoms with Crippen molar-refractivity contribution < 1.29 is 23.8 Å². The number of carbonyl (C=O) groups is 2. The first-order valence-corrected chi connectivity index (χ1v) is 11.0. The Kier molecular flexibility index (Phi) is 3.11. The normalized spacial score (nSPS) is 45.4. The van der Waals surface area contributed by atoms with E-state index in [1.165, 1.54) is 23.3 Å². The fourth-order valence-electron chi connectivity index (χ4n) is 8.45. The van der Waals surface area contributed by atoms with Gasteiger partial charge in [0.2, 0.25) is 0 Å². The molecule has 4 bridgehead atoms. The van der Waals surface area contributed by atoms with E-state index in [4.69, 9.17) is 14.2 Å². The van der Waals surface area contributed by atoms with Gasteiger partial charge in [-0.05, 0) is 50.2 Å². The Labute approximate surface area is 180 Å². The highest BCUT2D eigenvalue weighted by Gasteiger charge is 2.83. The van der Waals surface area contributed by atoms with Crippen molar-refractivity contribution in [3.05, 3.63) is 47.6 Å². The number of likely N-dealkylation sites (N-methyl/N-ethyl adjacent to an activating group) is 1. The van der Waals surface area contributed by atoms with Crippen molar-refractivity contribution in [3.8, 4) is 11.5 Å². The van der Waals surface area contributed by atoms with Crippen molar-refractivity contribution in [1.29, 1.82) is 0 Å². The molecule has 160 valence electrons. The van der Waals surface area contributed by atoms with Crippen molar-refractivity contribution in [2.45, 2.75) is 36.0 Å². The lowest BCUT2D eigenvalue weighted by atomic mass is 9.33. The number of benzene rings is 1. The molecule has 0 amide bonds. The van der Waals surface area contributed by atoms with Gasteiger partial charge in [-0.2, -0.15) is 0 Å². The van der Waals surface area contributed by atoms with Gasteiger partial charge in [0.15, 0.2) is 23.1 Å². The molecule has 7 atom stereocenters. The second kappa shape index (κ2) is 5.30. The summed E-state index contributed by atoms with van der Waals surface area (Å²) >= 11 is 0. The molecule has 0 radical (unpaired) electrons. The number of ether oxygens (including phenoxy) is 3. The summed E-state index contributed by atoms with van der Waals surface area (Å²) in [5.41, 5.74) is 0.518. The number of hydrogen-bond donors (Lipinski definition) is 0. The minimum Gasteiger partial charge on any atom is -0.493 e. The van der Waals surface area contributed by atoms with Gasteiger partial charge in [0.25, 0.3) is 0 Å². The highest BCUT2D eigenvalue weighted by molar-refractivity contribution is 6.09. The smallest absolute Gasteiger partial charge is 0.166 e. The van der Waals surface area contributed by atoms with Crippen LogP contribution in [0, 0.1) is 17.3 Å². The average molecular weight is 419 g/mol. The summed E-state index contributed by atoms with van der Waals surface area (Å²) in [6.07, 6.45) is 8.52. The van der Waals surface area contributed by atoms with Crippen LogP contribution in [0.15, 0.2) is 36.4 Å². The van der Waals surface area contributed by atoms with E-state index in [2.05, 4.69) is 30.2 Å². The zero-order valence-electron chi connectivity index (χ0n) is 17.9. The van der Waals surface area contributed by atoms with Crippen LogP contribution in [0.25, 0.3) is 0 Å². The molecule has 1 aromatic rings. The maximum atomic E-state index is 13.6. The number of piperidine rings is 1. The number of likely N-dealkylation sites (tertiary alicyclic amines) is 1. The molecule has 6 heteroatoms. The van der Waals surface area contributed by atoms with Crippen LogP contribution in [0.5, 0.6) is 11.5 Å². The largest absolute Gasteiger partial charge is 0.493 e. The minimum absolute atomic E-state index is 0.0355. The predicted molar refractivity (Wildman–Crippen MR) is 111 cm³/mol. The van der Waals surface area contributed by atoms with Gasteiger partial charge in [-0.15, -0.1) is 0 Å².